The summed E-state index contributed by atoms with van der Waals surface area (Å²) in [5.74, 6) is 0.667. The van der Waals surface area contributed by atoms with E-state index < -0.39 is 0 Å². The van der Waals surface area contributed by atoms with Crippen LogP contribution in [0.5, 0.6) is 0 Å². The largest absolute Gasteiger partial charge is 0.496 e. The lowest BCUT2D eigenvalue weighted by Crippen LogP contribution is -1.90. The molecule has 3 heteroatoms. The molecule has 0 saturated heterocycles. The molecule has 0 N–H and O–H groups in total. The minimum Gasteiger partial charge on any atom is -0.496 e. The van der Waals surface area contributed by atoms with Crippen molar-refractivity contribution in [1.29, 1.82) is 0 Å². The monoisotopic (exact) mass is 264 g/mol. The number of ether oxygens (including phenoxy) is 1. The molecule has 0 atom stereocenters. The molecule has 0 aliphatic rings. The fraction of sp³-hybridized carbons (Fsp3) is 0.267. The molecule has 96 valence electrons. The Labute approximate surface area is 113 Å². The van der Waals surface area contributed by atoms with Crippen LogP contribution < -0.4 is 0 Å². The molecular formula is C15H17ClO2. The third kappa shape index (κ3) is 4.38. The van der Waals surface area contributed by atoms with Crippen molar-refractivity contribution in [1.82, 2.24) is 0 Å². The van der Waals surface area contributed by atoms with Gasteiger partial charge in [0.25, 0.3) is 0 Å². The summed E-state index contributed by atoms with van der Waals surface area (Å²) in [5, 5.41) is 0.598. The second-order valence-corrected chi connectivity index (χ2v) is 4.21. The maximum absolute atomic E-state index is 10.5. The molecule has 0 unspecified atom stereocenters. The zero-order chi connectivity index (χ0) is 13.4. The second kappa shape index (κ2) is 7.72. The number of carbonyl (C=O) groups is 1. The van der Waals surface area contributed by atoms with Crippen molar-refractivity contribution >= 4 is 17.9 Å². The van der Waals surface area contributed by atoms with Gasteiger partial charge >= 0.3 is 0 Å². The molecule has 1 aromatic carbocycles. The summed E-state index contributed by atoms with van der Waals surface area (Å²) in [7, 11) is 1.59. The number of hydrogen-bond acceptors (Lipinski definition) is 2. The lowest BCUT2D eigenvalue weighted by Gasteiger charge is -2.04. The van der Waals surface area contributed by atoms with Crippen LogP contribution in [0.1, 0.15) is 18.1 Å². The number of carbonyl (C=O) groups excluding carboxylic acids is 1. The average Bonchev–Trinajstić information content (AvgIpc) is 2.39. The van der Waals surface area contributed by atoms with Gasteiger partial charge in [-0.1, -0.05) is 41.9 Å². The van der Waals surface area contributed by atoms with Crippen LogP contribution in [0.3, 0.4) is 0 Å². The van der Waals surface area contributed by atoms with Crippen LogP contribution in [0.2, 0.25) is 0 Å². The van der Waals surface area contributed by atoms with Crippen molar-refractivity contribution in [3.8, 4) is 0 Å². The van der Waals surface area contributed by atoms with Crippen molar-refractivity contribution in [2.75, 3.05) is 7.11 Å². The van der Waals surface area contributed by atoms with Crippen LogP contribution in [-0.4, -0.2) is 13.4 Å². The van der Waals surface area contributed by atoms with Crippen molar-refractivity contribution in [2.45, 2.75) is 19.8 Å². The number of halogens is 1. The van der Waals surface area contributed by atoms with Crippen LogP contribution in [0, 0.1) is 0 Å². The molecule has 0 fully saturated rings. The minimum absolute atomic E-state index is 0.448. The quantitative estimate of drug-likeness (QED) is 0.445. The van der Waals surface area contributed by atoms with Gasteiger partial charge < -0.3 is 9.53 Å². The fourth-order valence-corrected chi connectivity index (χ4v) is 1.90. The first kappa shape index (κ1) is 14.5. The average molecular weight is 265 g/mol. The van der Waals surface area contributed by atoms with Crippen molar-refractivity contribution in [3.63, 3.8) is 0 Å². The van der Waals surface area contributed by atoms with E-state index in [0.29, 0.717) is 23.6 Å². The van der Waals surface area contributed by atoms with Gasteiger partial charge in [-0.3, -0.25) is 0 Å². The SMILES string of the molecule is C/C=C(OC)\C(Cl)=C/Cc1cccc(CC=O)c1. The maximum atomic E-state index is 10.5. The zero-order valence-electron chi connectivity index (χ0n) is 10.7. The Morgan fingerprint density at radius 3 is 2.56 bits per heavy atom. The standard InChI is InChI=1S/C15H17ClO2/c1-3-15(18-2)14(16)8-7-12-5-4-6-13(11-12)9-10-17/h3-6,8,10-11H,7,9H2,1-2H3/b14-8+,15-3+. The molecule has 0 amide bonds. The number of aldehydes is 1. The summed E-state index contributed by atoms with van der Waals surface area (Å²) in [5.41, 5.74) is 2.14. The van der Waals surface area contributed by atoms with Gasteiger partial charge in [-0.15, -0.1) is 0 Å². The van der Waals surface area contributed by atoms with Crippen LogP contribution in [-0.2, 0) is 22.4 Å². The highest BCUT2D eigenvalue weighted by molar-refractivity contribution is 6.31. The molecule has 1 rings (SSSR count). The summed E-state index contributed by atoms with van der Waals surface area (Å²) in [6, 6.07) is 7.91. The lowest BCUT2D eigenvalue weighted by atomic mass is 10.1. The highest BCUT2D eigenvalue weighted by atomic mass is 35.5. The molecule has 0 aliphatic heterocycles. The normalized spacial score (nSPS) is 12.4. The lowest BCUT2D eigenvalue weighted by molar-refractivity contribution is -0.107. The third-order valence-electron chi connectivity index (χ3n) is 2.54. The van der Waals surface area contributed by atoms with Gasteiger partial charge in [-0.05, 0) is 30.5 Å². The van der Waals surface area contributed by atoms with E-state index in [4.69, 9.17) is 16.3 Å². The molecular weight excluding hydrogens is 248 g/mol. The second-order valence-electron chi connectivity index (χ2n) is 3.80. The van der Waals surface area contributed by atoms with E-state index in [1.165, 1.54) is 0 Å². The molecule has 0 heterocycles. The maximum Gasteiger partial charge on any atom is 0.132 e. The van der Waals surface area contributed by atoms with Gasteiger partial charge in [0.15, 0.2) is 0 Å². The first-order valence-corrected chi connectivity index (χ1v) is 6.16. The topological polar surface area (TPSA) is 26.3 Å². The van der Waals surface area contributed by atoms with E-state index >= 15 is 0 Å². The van der Waals surface area contributed by atoms with Gasteiger partial charge in [-0.2, -0.15) is 0 Å². The van der Waals surface area contributed by atoms with Gasteiger partial charge in [0.05, 0.1) is 12.1 Å². The van der Waals surface area contributed by atoms with Gasteiger partial charge in [0, 0.05) is 6.42 Å². The van der Waals surface area contributed by atoms with E-state index in [1.807, 2.05) is 43.3 Å². The van der Waals surface area contributed by atoms with Gasteiger partial charge in [-0.25, -0.2) is 0 Å². The smallest absolute Gasteiger partial charge is 0.132 e. The fourth-order valence-electron chi connectivity index (χ4n) is 1.64. The van der Waals surface area contributed by atoms with Crippen molar-refractivity contribution < 1.29 is 9.53 Å². The Kier molecular flexibility index (Phi) is 6.23. The number of methoxy groups -OCH3 is 1. The number of allylic oxidation sites excluding steroid dienone is 3. The van der Waals surface area contributed by atoms with E-state index in [0.717, 1.165) is 17.4 Å². The Bertz CT molecular complexity index is 461. The first-order valence-electron chi connectivity index (χ1n) is 5.79. The molecule has 0 saturated carbocycles. The minimum atomic E-state index is 0.448. The molecule has 1 aromatic rings. The van der Waals surface area contributed by atoms with Crippen LogP contribution >= 0.6 is 11.6 Å². The van der Waals surface area contributed by atoms with Crippen LogP contribution in [0.15, 0.2) is 47.2 Å². The third-order valence-corrected chi connectivity index (χ3v) is 2.89. The molecule has 0 aromatic heterocycles. The van der Waals surface area contributed by atoms with Crippen LogP contribution in [0.25, 0.3) is 0 Å². The summed E-state index contributed by atoms with van der Waals surface area (Å²) >= 11 is 6.11. The van der Waals surface area contributed by atoms with E-state index in [1.54, 1.807) is 7.11 Å². The van der Waals surface area contributed by atoms with Crippen molar-refractivity contribution in [2.24, 2.45) is 0 Å². The first-order chi connectivity index (χ1) is 8.71. The molecule has 0 radical (unpaired) electrons. The summed E-state index contributed by atoms with van der Waals surface area (Å²) in [6.45, 7) is 1.87. The van der Waals surface area contributed by atoms with E-state index in [9.17, 15) is 4.79 Å². The van der Waals surface area contributed by atoms with E-state index in [2.05, 4.69) is 0 Å². The zero-order valence-corrected chi connectivity index (χ0v) is 11.4. The predicted octanol–water partition coefficient (Wildman–Crippen LogP) is 3.64. The molecule has 18 heavy (non-hydrogen) atoms. The van der Waals surface area contributed by atoms with Gasteiger partial charge in [0.1, 0.15) is 12.0 Å². The molecule has 0 aliphatic carbocycles. The number of benzene rings is 1. The summed E-state index contributed by atoms with van der Waals surface area (Å²) in [6.07, 6.45) is 5.79. The Morgan fingerprint density at radius 1 is 1.33 bits per heavy atom. The molecule has 0 bridgehead atoms. The van der Waals surface area contributed by atoms with Crippen molar-refractivity contribution in [3.05, 3.63) is 58.3 Å². The Morgan fingerprint density at radius 2 is 2.00 bits per heavy atom. The summed E-state index contributed by atoms with van der Waals surface area (Å²) in [4.78, 5) is 10.5. The highest BCUT2D eigenvalue weighted by Crippen LogP contribution is 2.17. The Balaban J connectivity index is 2.76. The van der Waals surface area contributed by atoms with Gasteiger partial charge in [0.2, 0.25) is 0 Å². The summed E-state index contributed by atoms with van der Waals surface area (Å²) < 4.78 is 5.13. The van der Waals surface area contributed by atoms with Crippen LogP contribution in [0.4, 0.5) is 0 Å². The Hall–Kier alpha value is -1.54. The molecule has 0 spiro atoms. The predicted molar refractivity (Wildman–Crippen MR) is 74.6 cm³/mol. The number of hydrogen-bond donors (Lipinski definition) is 0. The molecule has 2 nitrogen and oxygen atoms in total. The van der Waals surface area contributed by atoms with E-state index in [-0.39, 0.29) is 0 Å². The highest BCUT2D eigenvalue weighted by Gasteiger charge is 2.00. The number of rotatable bonds is 6.